The molecule has 1 N–H and O–H groups in total. The minimum Gasteiger partial charge on any atom is -0.490 e. The molecule has 1 aromatic heterocycles. The molecule has 6 heteroatoms. The molecule has 1 heterocycles. The highest BCUT2D eigenvalue weighted by Crippen LogP contribution is 2.32. The Kier molecular flexibility index (Phi) is 5.27. The Bertz CT molecular complexity index is 649. The molecule has 0 saturated carbocycles. The van der Waals surface area contributed by atoms with E-state index in [9.17, 15) is 8.60 Å². The van der Waals surface area contributed by atoms with Gasteiger partial charge in [0.2, 0.25) is 0 Å². The highest BCUT2D eigenvalue weighted by molar-refractivity contribution is 7.85. The molecule has 112 valence electrons. The number of aryl methyl sites for hydroxylation is 1. The smallest absolute Gasteiger partial charge is 0.130 e. The van der Waals surface area contributed by atoms with Gasteiger partial charge >= 0.3 is 0 Å². The molecule has 21 heavy (non-hydrogen) atoms. The predicted molar refractivity (Wildman–Crippen MR) is 83.6 cm³/mol. The number of nitrogens with one attached hydrogen (secondary N) is 1. The van der Waals surface area contributed by atoms with Gasteiger partial charge < -0.3 is 9.46 Å². The number of alkyl halides is 1. The topological polar surface area (TPSA) is 51.2 Å². The molecule has 1 aromatic carbocycles. The fourth-order valence-corrected chi connectivity index (χ4v) is 2.51. The van der Waals surface area contributed by atoms with Crippen LogP contribution in [-0.4, -0.2) is 28.7 Å². The number of hydrogen-bond donors (Lipinski definition) is 1. The van der Waals surface area contributed by atoms with Crippen LogP contribution in [0.25, 0.3) is 11.1 Å². The third-order valence-electron chi connectivity index (χ3n) is 2.89. The van der Waals surface area contributed by atoms with Gasteiger partial charge in [-0.2, -0.15) is 0 Å². The van der Waals surface area contributed by atoms with Gasteiger partial charge in [-0.05, 0) is 36.2 Å². The summed E-state index contributed by atoms with van der Waals surface area (Å²) in [5, 5.41) is 0. The van der Waals surface area contributed by atoms with Gasteiger partial charge in [0, 0.05) is 29.9 Å². The van der Waals surface area contributed by atoms with Crippen molar-refractivity contribution in [2.45, 2.75) is 6.92 Å². The van der Waals surface area contributed by atoms with Crippen molar-refractivity contribution >= 4 is 16.7 Å². The number of halogens is 1. The van der Waals surface area contributed by atoms with E-state index in [4.69, 9.17) is 4.74 Å². The molecule has 1 atom stereocenters. The van der Waals surface area contributed by atoms with E-state index in [2.05, 4.69) is 9.71 Å². The molecule has 2 rings (SSSR count). The number of hydrogen-bond acceptors (Lipinski definition) is 3. The van der Waals surface area contributed by atoms with Crippen LogP contribution in [0, 0.1) is 6.92 Å². The minimum absolute atomic E-state index is 0.0184. The van der Waals surface area contributed by atoms with Crippen molar-refractivity contribution in [1.82, 2.24) is 4.98 Å². The van der Waals surface area contributed by atoms with Crippen LogP contribution >= 0.6 is 0 Å². The molecule has 0 radical (unpaired) electrons. The lowest BCUT2D eigenvalue weighted by atomic mass is 10.0. The van der Waals surface area contributed by atoms with E-state index < -0.39 is 17.7 Å². The SMILES string of the molecule is Cc1cc(NS(C)=O)ccc1-c1cnccc1OCCF. The zero-order valence-corrected chi connectivity index (χ0v) is 12.7. The van der Waals surface area contributed by atoms with Crippen LogP contribution in [0.3, 0.4) is 0 Å². The van der Waals surface area contributed by atoms with Crippen LogP contribution < -0.4 is 9.46 Å². The Labute approximate surface area is 126 Å². The molecular weight excluding hydrogens is 291 g/mol. The van der Waals surface area contributed by atoms with Crippen LogP contribution in [0.4, 0.5) is 10.1 Å². The van der Waals surface area contributed by atoms with Crippen LogP contribution in [0.15, 0.2) is 36.7 Å². The minimum atomic E-state index is -1.11. The highest BCUT2D eigenvalue weighted by atomic mass is 32.2. The lowest BCUT2D eigenvalue weighted by molar-refractivity contribution is 0.274. The van der Waals surface area contributed by atoms with Crippen molar-refractivity contribution in [3.8, 4) is 16.9 Å². The van der Waals surface area contributed by atoms with E-state index in [1.165, 1.54) is 0 Å². The van der Waals surface area contributed by atoms with Gasteiger partial charge in [0.1, 0.15) is 30.0 Å². The molecule has 4 nitrogen and oxygen atoms in total. The summed E-state index contributed by atoms with van der Waals surface area (Å²) in [6.07, 6.45) is 4.89. The molecule has 0 aliphatic carbocycles. The maximum absolute atomic E-state index is 12.3. The average molecular weight is 308 g/mol. The van der Waals surface area contributed by atoms with Crippen LogP contribution in [0.5, 0.6) is 5.75 Å². The Morgan fingerprint density at radius 1 is 1.33 bits per heavy atom. The monoisotopic (exact) mass is 308 g/mol. The summed E-state index contributed by atoms with van der Waals surface area (Å²) in [5.41, 5.74) is 3.53. The van der Waals surface area contributed by atoms with E-state index in [0.29, 0.717) is 5.75 Å². The summed E-state index contributed by atoms with van der Waals surface area (Å²) in [7, 11) is -1.11. The fourth-order valence-electron chi connectivity index (χ4n) is 2.05. The Hall–Kier alpha value is -1.95. The van der Waals surface area contributed by atoms with Crippen LogP contribution in [-0.2, 0) is 11.0 Å². The van der Waals surface area contributed by atoms with Crippen molar-refractivity contribution < 1.29 is 13.3 Å². The summed E-state index contributed by atoms with van der Waals surface area (Å²) in [4.78, 5) is 4.10. The predicted octanol–water partition coefficient (Wildman–Crippen LogP) is 3.11. The standard InChI is InChI=1S/C15H17FN2O2S/c1-11-9-12(18-21(2)19)3-4-13(11)14-10-17-7-5-15(14)20-8-6-16/h3-5,7,9-10,18H,6,8H2,1-2H3. The number of pyridine rings is 1. The lowest BCUT2D eigenvalue weighted by Gasteiger charge is -2.13. The van der Waals surface area contributed by atoms with Crippen molar-refractivity contribution in [2.75, 3.05) is 24.3 Å². The molecule has 0 aliphatic rings. The van der Waals surface area contributed by atoms with Crippen LogP contribution in [0.2, 0.25) is 0 Å². The Balaban J connectivity index is 2.36. The van der Waals surface area contributed by atoms with Gasteiger partial charge in [0.25, 0.3) is 0 Å². The Morgan fingerprint density at radius 2 is 2.14 bits per heavy atom. The number of benzene rings is 1. The van der Waals surface area contributed by atoms with Crippen molar-refractivity contribution in [2.24, 2.45) is 0 Å². The second-order valence-corrected chi connectivity index (χ2v) is 5.61. The summed E-state index contributed by atoms with van der Waals surface area (Å²) in [5.74, 6) is 0.602. The normalized spacial score (nSPS) is 12.0. The number of rotatable bonds is 6. The van der Waals surface area contributed by atoms with Gasteiger partial charge in [-0.15, -0.1) is 0 Å². The summed E-state index contributed by atoms with van der Waals surface area (Å²) >= 11 is 0. The zero-order chi connectivity index (χ0) is 15.2. The highest BCUT2D eigenvalue weighted by Gasteiger charge is 2.10. The van der Waals surface area contributed by atoms with Gasteiger partial charge in [0.15, 0.2) is 0 Å². The molecule has 0 saturated heterocycles. The average Bonchev–Trinajstić information content (AvgIpc) is 2.45. The Morgan fingerprint density at radius 3 is 2.81 bits per heavy atom. The van der Waals surface area contributed by atoms with Crippen molar-refractivity contribution in [3.63, 3.8) is 0 Å². The van der Waals surface area contributed by atoms with Crippen molar-refractivity contribution in [1.29, 1.82) is 0 Å². The number of nitrogens with zero attached hydrogens (tertiary/aromatic N) is 1. The number of ether oxygens (including phenoxy) is 1. The summed E-state index contributed by atoms with van der Waals surface area (Å²) in [6.45, 7) is 1.43. The first-order chi connectivity index (χ1) is 10.1. The molecule has 1 unspecified atom stereocenters. The molecule has 0 aliphatic heterocycles. The maximum Gasteiger partial charge on any atom is 0.130 e. The number of aromatic nitrogens is 1. The second kappa shape index (κ2) is 7.17. The van der Waals surface area contributed by atoms with Gasteiger partial charge in [-0.25, -0.2) is 8.60 Å². The third kappa shape index (κ3) is 4.01. The summed E-state index contributed by atoms with van der Waals surface area (Å²) in [6, 6.07) is 7.37. The lowest BCUT2D eigenvalue weighted by Crippen LogP contribution is -2.02. The zero-order valence-electron chi connectivity index (χ0n) is 11.9. The van der Waals surface area contributed by atoms with Gasteiger partial charge in [-0.3, -0.25) is 4.98 Å². The first-order valence-electron chi connectivity index (χ1n) is 6.45. The van der Waals surface area contributed by atoms with Gasteiger partial charge in [-0.1, -0.05) is 6.07 Å². The summed E-state index contributed by atoms with van der Waals surface area (Å²) < 4.78 is 31.7. The van der Waals surface area contributed by atoms with E-state index in [0.717, 1.165) is 22.4 Å². The second-order valence-electron chi connectivity index (χ2n) is 4.50. The number of anilines is 1. The quantitative estimate of drug-likeness (QED) is 0.892. The van der Waals surface area contributed by atoms with E-state index >= 15 is 0 Å². The molecular formula is C15H17FN2O2S. The van der Waals surface area contributed by atoms with Gasteiger partial charge in [0.05, 0.1) is 0 Å². The first-order valence-corrected chi connectivity index (χ1v) is 8.01. The third-order valence-corrected chi connectivity index (χ3v) is 3.42. The molecule has 2 aromatic rings. The van der Waals surface area contributed by atoms with Crippen LogP contribution in [0.1, 0.15) is 5.56 Å². The van der Waals surface area contributed by atoms with Crippen molar-refractivity contribution in [3.05, 3.63) is 42.2 Å². The van der Waals surface area contributed by atoms with E-state index in [1.807, 2.05) is 25.1 Å². The fraction of sp³-hybridized carbons (Fsp3) is 0.267. The van der Waals surface area contributed by atoms with E-state index in [1.54, 1.807) is 24.7 Å². The molecule has 0 fully saturated rings. The molecule has 0 amide bonds. The largest absolute Gasteiger partial charge is 0.490 e. The molecule has 0 spiro atoms. The molecule has 0 bridgehead atoms. The maximum atomic E-state index is 12.3. The van der Waals surface area contributed by atoms with E-state index in [-0.39, 0.29) is 6.61 Å². The first kappa shape index (κ1) is 15.4.